The summed E-state index contributed by atoms with van der Waals surface area (Å²) in [5, 5.41) is 9.31. The summed E-state index contributed by atoms with van der Waals surface area (Å²) in [5.74, 6) is 0.140. The normalized spacial score (nSPS) is 19.3. The van der Waals surface area contributed by atoms with Gasteiger partial charge in [-0.25, -0.2) is 9.37 Å². The topological polar surface area (TPSA) is 63.8 Å². The fraction of sp³-hybridized carbons (Fsp3) is 0.333. The van der Waals surface area contributed by atoms with Crippen molar-refractivity contribution in [3.63, 3.8) is 0 Å². The molecule has 4 rings (SSSR count). The fourth-order valence-electron chi connectivity index (χ4n) is 3.14. The molecule has 0 amide bonds. The molecule has 2 heterocycles. The van der Waals surface area contributed by atoms with Gasteiger partial charge in [-0.05, 0) is 31.4 Å². The van der Waals surface area contributed by atoms with Crippen LogP contribution in [0.1, 0.15) is 28.6 Å². The molecular formula is C18H17FN2O3S. The van der Waals surface area contributed by atoms with E-state index in [2.05, 4.69) is 4.98 Å². The Kier molecular flexibility index (Phi) is 4.05. The molecule has 2 atom stereocenters. The highest BCUT2D eigenvalue weighted by molar-refractivity contribution is 7.17. The van der Waals surface area contributed by atoms with E-state index in [1.54, 1.807) is 16.5 Å². The van der Waals surface area contributed by atoms with Gasteiger partial charge in [0.05, 0.1) is 5.69 Å². The number of nitrogens with zero attached hydrogens (tertiary/aromatic N) is 2. The predicted molar refractivity (Wildman–Crippen MR) is 92.7 cm³/mol. The van der Waals surface area contributed by atoms with E-state index in [9.17, 15) is 14.3 Å². The second kappa shape index (κ2) is 6.24. The van der Waals surface area contributed by atoms with Gasteiger partial charge in [0.25, 0.3) is 5.56 Å². The third kappa shape index (κ3) is 2.94. The lowest BCUT2D eigenvalue weighted by molar-refractivity contribution is 0.273. The van der Waals surface area contributed by atoms with Gasteiger partial charge in [-0.2, -0.15) is 0 Å². The molecule has 0 radical (unpaired) electrons. The van der Waals surface area contributed by atoms with Crippen LogP contribution in [0.2, 0.25) is 0 Å². The van der Waals surface area contributed by atoms with Crippen molar-refractivity contribution in [2.45, 2.75) is 25.9 Å². The van der Waals surface area contributed by atoms with Crippen LogP contribution in [0.15, 0.2) is 35.1 Å². The second-order valence-corrected chi connectivity index (χ2v) is 7.43. The van der Waals surface area contributed by atoms with Crippen molar-refractivity contribution >= 4 is 16.3 Å². The zero-order valence-electron chi connectivity index (χ0n) is 13.6. The first-order valence-corrected chi connectivity index (χ1v) is 8.90. The molecule has 2 aromatic heterocycles. The molecule has 0 bridgehead atoms. The smallest absolute Gasteiger partial charge is 0.259 e. The van der Waals surface area contributed by atoms with Crippen molar-refractivity contribution in [2.24, 2.45) is 5.92 Å². The Hall–Kier alpha value is -2.25. The summed E-state index contributed by atoms with van der Waals surface area (Å²) < 4.78 is 20.7. The number of aliphatic hydroxyl groups is 1. The van der Waals surface area contributed by atoms with E-state index in [1.807, 2.05) is 6.92 Å². The predicted octanol–water partition coefficient (Wildman–Crippen LogP) is 2.88. The van der Waals surface area contributed by atoms with Crippen LogP contribution in [0.25, 0.3) is 4.96 Å². The zero-order chi connectivity index (χ0) is 17.6. The SMILES string of the molecule is Cc1sc2nc(COc3ccccc3F)cc(=O)n2c1C1CC1CO. The quantitative estimate of drug-likeness (QED) is 0.760. The van der Waals surface area contributed by atoms with Gasteiger partial charge in [-0.15, -0.1) is 11.3 Å². The number of thiazole rings is 1. The maximum Gasteiger partial charge on any atom is 0.259 e. The minimum absolute atomic E-state index is 0.0294. The zero-order valence-corrected chi connectivity index (χ0v) is 14.4. The lowest BCUT2D eigenvalue weighted by Crippen LogP contribution is -2.17. The number of rotatable bonds is 5. The summed E-state index contributed by atoms with van der Waals surface area (Å²) >= 11 is 1.45. The summed E-state index contributed by atoms with van der Waals surface area (Å²) in [4.78, 5) is 18.7. The maximum atomic E-state index is 13.6. The Labute approximate surface area is 147 Å². The Morgan fingerprint density at radius 3 is 2.96 bits per heavy atom. The standard InChI is InChI=1S/C18H17FN2O3S/c1-10-17(13-6-11(13)8-22)21-16(23)7-12(20-18(21)25-10)9-24-15-5-3-2-4-14(15)19/h2-5,7,11,13,22H,6,8-9H2,1H3. The van der Waals surface area contributed by atoms with Crippen molar-refractivity contribution in [2.75, 3.05) is 6.61 Å². The number of hydrogen-bond acceptors (Lipinski definition) is 5. The highest BCUT2D eigenvalue weighted by atomic mass is 32.1. The largest absolute Gasteiger partial charge is 0.484 e. The van der Waals surface area contributed by atoms with E-state index < -0.39 is 5.82 Å². The highest BCUT2D eigenvalue weighted by Gasteiger charge is 2.41. The molecule has 1 fully saturated rings. The van der Waals surface area contributed by atoms with E-state index in [4.69, 9.17) is 4.74 Å². The Morgan fingerprint density at radius 1 is 1.44 bits per heavy atom. The fourth-order valence-corrected chi connectivity index (χ4v) is 4.21. The van der Waals surface area contributed by atoms with Gasteiger partial charge in [-0.3, -0.25) is 9.20 Å². The second-order valence-electron chi connectivity index (χ2n) is 6.25. The average Bonchev–Trinajstić information content (AvgIpc) is 3.29. The van der Waals surface area contributed by atoms with Crippen LogP contribution < -0.4 is 10.3 Å². The molecule has 1 saturated carbocycles. The highest BCUT2D eigenvalue weighted by Crippen LogP contribution is 2.49. The van der Waals surface area contributed by atoms with Crippen LogP contribution in [0, 0.1) is 18.7 Å². The van der Waals surface area contributed by atoms with Gasteiger partial charge in [-0.1, -0.05) is 12.1 Å². The average molecular weight is 360 g/mol. The van der Waals surface area contributed by atoms with Crippen LogP contribution in [0.4, 0.5) is 4.39 Å². The third-order valence-corrected chi connectivity index (χ3v) is 5.48. The van der Waals surface area contributed by atoms with E-state index in [-0.39, 0.29) is 36.4 Å². The van der Waals surface area contributed by atoms with Gasteiger partial charge in [0.15, 0.2) is 16.5 Å². The molecule has 0 saturated heterocycles. The maximum absolute atomic E-state index is 13.6. The summed E-state index contributed by atoms with van der Waals surface area (Å²) in [6.07, 6.45) is 0.897. The summed E-state index contributed by atoms with van der Waals surface area (Å²) in [6.45, 7) is 2.14. The lowest BCUT2D eigenvalue weighted by atomic mass is 10.2. The molecule has 1 aromatic carbocycles. The number of aliphatic hydroxyl groups excluding tert-OH is 1. The molecule has 1 N–H and O–H groups in total. The molecule has 25 heavy (non-hydrogen) atoms. The first kappa shape index (κ1) is 16.2. The number of aromatic nitrogens is 2. The van der Waals surface area contributed by atoms with Gasteiger partial charge in [0.1, 0.15) is 6.61 Å². The summed E-state index contributed by atoms with van der Waals surface area (Å²) in [7, 11) is 0. The van der Waals surface area contributed by atoms with Gasteiger partial charge < -0.3 is 9.84 Å². The van der Waals surface area contributed by atoms with Crippen molar-refractivity contribution < 1.29 is 14.2 Å². The number of fused-ring (bicyclic) bond motifs is 1. The number of ether oxygens (including phenoxy) is 1. The molecule has 130 valence electrons. The van der Waals surface area contributed by atoms with E-state index in [1.165, 1.54) is 29.5 Å². The van der Waals surface area contributed by atoms with Crippen molar-refractivity contribution in [3.05, 3.63) is 62.8 Å². The molecule has 1 aliphatic rings. The molecule has 2 unspecified atom stereocenters. The van der Waals surface area contributed by atoms with Crippen LogP contribution in [0.5, 0.6) is 5.75 Å². The molecule has 0 aliphatic heterocycles. The van der Waals surface area contributed by atoms with Gasteiger partial charge in [0.2, 0.25) is 0 Å². The number of halogens is 1. The van der Waals surface area contributed by atoms with Crippen LogP contribution in [0.3, 0.4) is 0 Å². The third-order valence-electron chi connectivity index (χ3n) is 4.51. The number of para-hydroxylation sites is 1. The first-order chi connectivity index (χ1) is 12.1. The summed E-state index contributed by atoms with van der Waals surface area (Å²) in [6, 6.07) is 7.57. The minimum atomic E-state index is -0.446. The molecule has 0 spiro atoms. The van der Waals surface area contributed by atoms with Crippen molar-refractivity contribution in [3.8, 4) is 5.75 Å². The minimum Gasteiger partial charge on any atom is -0.484 e. The van der Waals surface area contributed by atoms with Crippen molar-refractivity contribution in [1.82, 2.24) is 9.38 Å². The number of benzene rings is 1. The summed E-state index contributed by atoms with van der Waals surface area (Å²) in [5.41, 5.74) is 1.26. The van der Waals surface area contributed by atoms with E-state index >= 15 is 0 Å². The van der Waals surface area contributed by atoms with Crippen LogP contribution in [-0.2, 0) is 6.61 Å². The molecule has 7 heteroatoms. The van der Waals surface area contributed by atoms with Gasteiger partial charge in [0, 0.05) is 29.2 Å². The monoisotopic (exact) mass is 360 g/mol. The molecular weight excluding hydrogens is 343 g/mol. The molecule has 5 nitrogen and oxygen atoms in total. The van der Waals surface area contributed by atoms with Gasteiger partial charge >= 0.3 is 0 Å². The number of aryl methyl sites for hydroxylation is 1. The molecule has 1 aliphatic carbocycles. The molecule has 3 aromatic rings. The lowest BCUT2D eigenvalue weighted by Gasteiger charge is -2.07. The Morgan fingerprint density at radius 2 is 2.24 bits per heavy atom. The Bertz CT molecular complexity index is 998. The van der Waals surface area contributed by atoms with E-state index in [0.717, 1.165) is 17.0 Å². The van der Waals surface area contributed by atoms with Crippen LogP contribution >= 0.6 is 11.3 Å². The Balaban J connectivity index is 1.65. The number of hydrogen-bond donors (Lipinski definition) is 1. The van der Waals surface area contributed by atoms with E-state index in [0.29, 0.717) is 10.7 Å². The first-order valence-electron chi connectivity index (χ1n) is 8.08. The van der Waals surface area contributed by atoms with Crippen molar-refractivity contribution in [1.29, 1.82) is 0 Å². The van der Waals surface area contributed by atoms with Crippen LogP contribution in [-0.4, -0.2) is 21.1 Å².